The fraction of sp³-hybridized carbons (Fsp3) is 0.800. The summed E-state index contributed by atoms with van der Waals surface area (Å²) in [5.74, 6) is -0.887. The summed E-state index contributed by atoms with van der Waals surface area (Å²) in [5, 5.41) is 0. The molecule has 1 unspecified atom stereocenters. The summed E-state index contributed by atoms with van der Waals surface area (Å²) < 4.78 is 16.9. The number of allylic oxidation sites excluding steroid dienone is 10. The van der Waals surface area contributed by atoms with Gasteiger partial charge >= 0.3 is 17.9 Å². The first-order valence-corrected chi connectivity index (χ1v) is 30.8. The third-order valence-electron chi connectivity index (χ3n) is 13.5. The van der Waals surface area contributed by atoms with E-state index in [9.17, 15) is 14.4 Å². The summed E-state index contributed by atoms with van der Waals surface area (Å²) in [7, 11) is 0. The minimum atomic E-state index is -0.782. The van der Waals surface area contributed by atoms with Gasteiger partial charge in [0.15, 0.2) is 6.10 Å². The van der Waals surface area contributed by atoms with Crippen molar-refractivity contribution in [2.24, 2.45) is 0 Å². The summed E-state index contributed by atoms with van der Waals surface area (Å²) in [4.78, 5) is 38.2. The minimum absolute atomic E-state index is 0.0793. The number of hydrogen-bond donors (Lipinski definition) is 0. The first-order chi connectivity index (χ1) is 35.0. The second kappa shape index (κ2) is 59.7. The molecule has 0 amide bonds. The molecule has 0 saturated heterocycles. The minimum Gasteiger partial charge on any atom is -0.462 e. The van der Waals surface area contributed by atoms with Crippen molar-refractivity contribution in [3.05, 3.63) is 60.8 Å². The Kier molecular flexibility index (Phi) is 57.2. The lowest BCUT2D eigenvalue weighted by Gasteiger charge is -2.18. The highest BCUT2D eigenvalue weighted by Gasteiger charge is 2.19. The molecule has 0 saturated carbocycles. The molecule has 0 rings (SSSR count). The van der Waals surface area contributed by atoms with E-state index in [2.05, 4.69) is 81.5 Å². The van der Waals surface area contributed by atoms with Crippen molar-refractivity contribution in [3.63, 3.8) is 0 Å². The van der Waals surface area contributed by atoms with Crippen LogP contribution < -0.4 is 0 Å². The fourth-order valence-electron chi connectivity index (χ4n) is 8.85. The van der Waals surface area contributed by atoms with Crippen molar-refractivity contribution in [1.29, 1.82) is 0 Å². The molecule has 1 atom stereocenters. The van der Waals surface area contributed by atoms with E-state index in [1.54, 1.807) is 0 Å². The quantitative estimate of drug-likeness (QED) is 0.0261. The SMILES string of the molecule is CC/C=C\C/C=C\C/C=C\CCCCCCCCCC(=O)OC(COC(=O)CCCCCCC/C=C\CCCC)COC(=O)CCCCCCCCCCCCCCC/C=C\CCCCCCCCCC. The van der Waals surface area contributed by atoms with E-state index in [4.69, 9.17) is 14.2 Å². The lowest BCUT2D eigenvalue weighted by atomic mass is 10.0. The van der Waals surface area contributed by atoms with Crippen LogP contribution in [0.15, 0.2) is 60.8 Å². The maximum absolute atomic E-state index is 12.9. The predicted molar refractivity (Wildman–Crippen MR) is 307 cm³/mol. The number of ether oxygens (including phenoxy) is 3. The molecule has 71 heavy (non-hydrogen) atoms. The molecule has 0 aromatic heterocycles. The second-order valence-electron chi connectivity index (χ2n) is 20.6. The zero-order valence-electron chi connectivity index (χ0n) is 47.2. The lowest BCUT2D eigenvalue weighted by Crippen LogP contribution is -2.30. The van der Waals surface area contributed by atoms with Crippen molar-refractivity contribution in [1.82, 2.24) is 0 Å². The van der Waals surface area contributed by atoms with Crippen molar-refractivity contribution in [2.75, 3.05) is 13.2 Å². The highest BCUT2D eigenvalue weighted by molar-refractivity contribution is 5.71. The van der Waals surface area contributed by atoms with Crippen LogP contribution >= 0.6 is 0 Å². The van der Waals surface area contributed by atoms with Gasteiger partial charge in [-0.15, -0.1) is 0 Å². The summed E-state index contributed by atoms with van der Waals surface area (Å²) in [6.45, 7) is 6.51. The molecule has 6 nitrogen and oxygen atoms in total. The number of hydrogen-bond acceptors (Lipinski definition) is 6. The van der Waals surface area contributed by atoms with Gasteiger partial charge in [-0.3, -0.25) is 14.4 Å². The van der Waals surface area contributed by atoms with Crippen LogP contribution in [0.1, 0.15) is 316 Å². The molecule has 6 heteroatoms. The van der Waals surface area contributed by atoms with Crippen LogP contribution in [0.3, 0.4) is 0 Å². The van der Waals surface area contributed by atoms with Crippen LogP contribution in [-0.2, 0) is 28.6 Å². The predicted octanol–water partition coefficient (Wildman–Crippen LogP) is 20.8. The van der Waals surface area contributed by atoms with E-state index in [1.807, 2.05) is 0 Å². The molecule has 0 N–H and O–H groups in total. The van der Waals surface area contributed by atoms with Gasteiger partial charge in [0.05, 0.1) is 0 Å². The number of esters is 3. The maximum Gasteiger partial charge on any atom is 0.306 e. The van der Waals surface area contributed by atoms with Crippen molar-refractivity contribution in [2.45, 2.75) is 322 Å². The highest BCUT2D eigenvalue weighted by Crippen LogP contribution is 2.16. The van der Waals surface area contributed by atoms with Gasteiger partial charge in [-0.25, -0.2) is 0 Å². The number of unbranched alkanes of at least 4 members (excludes halogenated alkanes) is 35. The smallest absolute Gasteiger partial charge is 0.306 e. The Morgan fingerprint density at radius 2 is 0.563 bits per heavy atom. The topological polar surface area (TPSA) is 78.9 Å². The zero-order chi connectivity index (χ0) is 51.4. The molecule has 0 aliphatic rings. The highest BCUT2D eigenvalue weighted by atomic mass is 16.6. The van der Waals surface area contributed by atoms with Crippen LogP contribution in [0.25, 0.3) is 0 Å². The molecule has 0 bridgehead atoms. The number of rotatable bonds is 56. The van der Waals surface area contributed by atoms with Crippen LogP contribution in [0.4, 0.5) is 0 Å². The summed E-state index contributed by atoms with van der Waals surface area (Å²) in [5.41, 5.74) is 0. The summed E-state index contributed by atoms with van der Waals surface area (Å²) in [6, 6.07) is 0. The lowest BCUT2D eigenvalue weighted by molar-refractivity contribution is -0.167. The van der Waals surface area contributed by atoms with Crippen LogP contribution in [0.5, 0.6) is 0 Å². The van der Waals surface area contributed by atoms with Gasteiger partial charge in [-0.1, -0.05) is 261 Å². The average Bonchev–Trinajstić information content (AvgIpc) is 3.37. The van der Waals surface area contributed by atoms with E-state index < -0.39 is 6.10 Å². The average molecular weight is 994 g/mol. The van der Waals surface area contributed by atoms with E-state index >= 15 is 0 Å². The van der Waals surface area contributed by atoms with Gasteiger partial charge in [0.25, 0.3) is 0 Å². The Labute approximate surface area is 440 Å². The Bertz CT molecular complexity index is 1280. The Balaban J connectivity index is 4.24. The molecule has 0 fully saturated rings. The molecule has 0 spiro atoms. The zero-order valence-corrected chi connectivity index (χ0v) is 47.2. The molecule has 0 radical (unpaired) electrons. The first kappa shape index (κ1) is 68.1. The van der Waals surface area contributed by atoms with Gasteiger partial charge in [-0.2, -0.15) is 0 Å². The van der Waals surface area contributed by atoms with Crippen molar-refractivity contribution < 1.29 is 28.6 Å². The molecule has 0 aromatic carbocycles. The van der Waals surface area contributed by atoms with E-state index in [1.165, 1.54) is 186 Å². The normalized spacial score (nSPS) is 12.4. The maximum atomic E-state index is 12.9. The van der Waals surface area contributed by atoms with E-state index in [0.717, 1.165) is 89.9 Å². The van der Waals surface area contributed by atoms with Gasteiger partial charge in [-0.05, 0) is 96.3 Å². The molecule has 0 aromatic rings. The third-order valence-corrected chi connectivity index (χ3v) is 13.5. The molecule has 412 valence electrons. The summed E-state index contributed by atoms with van der Waals surface area (Å²) >= 11 is 0. The van der Waals surface area contributed by atoms with Gasteiger partial charge in [0, 0.05) is 19.3 Å². The van der Waals surface area contributed by atoms with E-state index in [0.29, 0.717) is 19.3 Å². The third kappa shape index (κ3) is 57.9. The van der Waals surface area contributed by atoms with Crippen LogP contribution in [0, 0.1) is 0 Å². The van der Waals surface area contributed by atoms with E-state index in [-0.39, 0.29) is 31.1 Å². The standard InChI is InChI=1S/C65H116O6/c1-4-7-10-13-16-19-22-24-26-28-29-30-31-32-33-34-35-37-38-40-43-46-49-52-55-58-64(67)70-61-62(60-69-63(66)57-54-51-48-45-42-21-18-15-12-9-6-3)71-65(68)59-56-53-50-47-44-41-39-36-27-25-23-20-17-14-11-8-5-2/h8,11,15,17-18,20,25,27-29,62H,4-7,9-10,12-14,16,19,21-24,26,30-61H2,1-3H3/b11-8-,18-15-,20-17-,27-25-,29-28-. The monoisotopic (exact) mass is 993 g/mol. The van der Waals surface area contributed by atoms with Gasteiger partial charge in [0.1, 0.15) is 13.2 Å². The Hall–Kier alpha value is -2.89. The van der Waals surface area contributed by atoms with Crippen LogP contribution in [-0.4, -0.2) is 37.2 Å². The number of carbonyl (C=O) groups excluding carboxylic acids is 3. The van der Waals surface area contributed by atoms with Crippen molar-refractivity contribution in [3.8, 4) is 0 Å². The molecule has 0 aliphatic carbocycles. The largest absolute Gasteiger partial charge is 0.462 e. The molecule has 0 aliphatic heterocycles. The Morgan fingerprint density at radius 1 is 0.296 bits per heavy atom. The fourth-order valence-corrected chi connectivity index (χ4v) is 8.85. The molecular weight excluding hydrogens is 877 g/mol. The molecular formula is C65H116O6. The molecule has 0 heterocycles. The first-order valence-electron chi connectivity index (χ1n) is 30.8. The van der Waals surface area contributed by atoms with Crippen molar-refractivity contribution >= 4 is 17.9 Å². The second-order valence-corrected chi connectivity index (χ2v) is 20.6. The van der Waals surface area contributed by atoms with Crippen LogP contribution in [0.2, 0.25) is 0 Å². The Morgan fingerprint density at radius 3 is 0.915 bits per heavy atom. The van der Waals surface area contributed by atoms with Gasteiger partial charge in [0.2, 0.25) is 0 Å². The van der Waals surface area contributed by atoms with Gasteiger partial charge < -0.3 is 14.2 Å². The number of carbonyl (C=O) groups is 3. The summed E-state index contributed by atoms with van der Waals surface area (Å²) in [6.07, 6.45) is 75.2.